The van der Waals surface area contributed by atoms with E-state index in [2.05, 4.69) is 25.2 Å². The molecule has 0 unspecified atom stereocenters. The average molecular weight is 368 g/mol. The zero-order valence-corrected chi connectivity index (χ0v) is 14.5. The minimum Gasteiger partial charge on any atom is -0.417 e. The molecule has 1 aliphatic carbocycles. The summed E-state index contributed by atoms with van der Waals surface area (Å²) < 4.78 is 29.4. The van der Waals surface area contributed by atoms with E-state index >= 15 is 0 Å². The molecule has 1 fully saturated rings. The van der Waals surface area contributed by atoms with Gasteiger partial charge in [-0.15, -0.1) is 10.2 Å². The molecular formula is C20H18F2N4O. The van der Waals surface area contributed by atoms with Crippen LogP contribution in [-0.4, -0.2) is 21.8 Å². The van der Waals surface area contributed by atoms with Crippen LogP contribution in [0.25, 0.3) is 11.3 Å². The predicted molar refractivity (Wildman–Crippen MR) is 97.5 cm³/mol. The molecule has 27 heavy (non-hydrogen) atoms. The second-order valence-electron chi connectivity index (χ2n) is 6.47. The standard InChI is InChI=1S/C20H18F2N4O/c21-19(22)27-18-9-4-8-16(23-18)20(12-5-13-20)24-17-11-10-15(25-26-17)14-6-2-1-3-7-14/h1-4,6-11,19H,5,12-13H2,(H,24,26). The van der Waals surface area contributed by atoms with Crippen molar-refractivity contribution >= 4 is 5.82 Å². The van der Waals surface area contributed by atoms with Crippen molar-refractivity contribution in [1.82, 2.24) is 15.2 Å². The highest BCUT2D eigenvalue weighted by Crippen LogP contribution is 2.43. The van der Waals surface area contributed by atoms with Crippen LogP contribution in [0.15, 0.2) is 60.7 Å². The van der Waals surface area contributed by atoms with Crippen molar-refractivity contribution in [3.8, 4) is 17.1 Å². The molecule has 3 aromatic rings. The van der Waals surface area contributed by atoms with Gasteiger partial charge in [-0.25, -0.2) is 4.98 Å². The average Bonchev–Trinajstić information content (AvgIpc) is 2.66. The van der Waals surface area contributed by atoms with E-state index in [1.807, 2.05) is 48.5 Å². The van der Waals surface area contributed by atoms with Crippen molar-refractivity contribution < 1.29 is 13.5 Å². The zero-order chi connectivity index (χ0) is 18.7. The Morgan fingerprint density at radius 2 is 1.74 bits per heavy atom. The number of aromatic nitrogens is 3. The topological polar surface area (TPSA) is 59.9 Å². The first-order valence-corrected chi connectivity index (χ1v) is 8.74. The van der Waals surface area contributed by atoms with Crippen LogP contribution < -0.4 is 10.1 Å². The minimum atomic E-state index is -2.89. The molecular weight excluding hydrogens is 350 g/mol. The van der Waals surface area contributed by atoms with Gasteiger partial charge in [0, 0.05) is 11.6 Å². The van der Waals surface area contributed by atoms with Gasteiger partial charge in [0.2, 0.25) is 5.88 Å². The predicted octanol–water partition coefficient (Wildman–Crippen LogP) is 4.63. The second kappa shape index (κ2) is 7.26. The summed E-state index contributed by atoms with van der Waals surface area (Å²) in [6, 6.07) is 18.5. The molecule has 1 N–H and O–H groups in total. The number of ether oxygens (including phenoxy) is 1. The Balaban J connectivity index is 1.55. The lowest BCUT2D eigenvalue weighted by molar-refractivity contribution is -0.0531. The minimum absolute atomic E-state index is 0.0823. The van der Waals surface area contributed by atoms with Crippen LogP contribution in [0.4, 0.5) is 14.6 Å². The normalized spacial score (nSPS) is 15.2. The molecule has 0 saturated heterocycles. The van der Waals surface area contributed by atoms with Gasteiger partial charge in [-0.05, 0) is 37.5 Å². The van der Waals surface area contributed by atoms with E-state index in [0.717, 1.165) is 30.5 Å². The van der Waals surface area contributed by atoms with Gasteiger partial charge in [-0.2, -0.15) is 8.78 Å². The zero-order valence-electron chi connectivity index (χ0n) is 14.5. The van der Waals surface area contributed by atoms with Crippen LogP contribution in [0.2, 0.25) is 0 Å². The lowest BCUT2D eigenvalue weighted by Gasteiger charge is -2.42. The molecule has 1 aromatic carbocycles. The molecule has 0 radical (unpaired) electrons. The maximum Gasteiger partial charge on any atom is 0.388 e. The summed E-state index contributed by atoms with van der Waals surface area (Å²) in [5.41, 5.74) is 2.01. The Labute approximate surface area is 155 Å². The summed E-state index contributed by atoms with van der Waals surface area (Å²) in [7, 11) is 0. The van der Waals surface area contributed by atoms with Crippen molar-refractivity contribution in [3.63, 3.8) is 0 Å². The first-order chi connectivity index (χ1) is 13.1. The van der Waals surface area contributed by atoms with Crippen molar-refractivity contribution in [1.29, 1.82) is 0 Å². The van der Waals surface area contributed by atoms with E-state index in [1.54, 1.807) is 6.07 Å². The highest BCUT2D eigenvalue weighted by atomic mass is 19.3. The fraction of sp³-hybridized carbons (Fsp3) is 0.250. The van der Waals surface area contributed by atoms with Crippen LogP contribution in [0.1, 0.15) is 25.0 Å². The summed E-state index contributed by atoms with van der Waals surface area (Å²) >= 11 is 0. The molecule has 1 aliphatic rings. The number of pyridine rings is 1. The van der Waals surface area contributed by atoms with E-state index in [-0.39, 0.29) is 5.88 Å². The molecule has 4 rings (SSSR count). The summed E-state index contributed by atoms with van der Waals surface area (Å²) in [6.45, 7) is -2.89. The van der Waals surface area contributed by atoms with Gasteiger partial charge in [0.25, 0.3) is 0 Å². The third-order valence-electron chi connectivity index (χ3n) is 4.73. The van der Waals surface area contributed by atoms with E-state index in [9.17, 15) is 8.78 Å². The lowest BCUT2D eigenvalue weighted by Crippen LogP contribution is -2.43. The summed E-state index contributed by atoms with van der Waals surface area (Å²) in [4.78, 5) is 4.26. The highest BCUT2D eigenvalue weighted by Gasteiger charge is 2.40. The Kier molecular flexibility index (Phi) is 4.66. The molecule has 2 heterocycles. The van der Waals surface area contributed by atoms with E-state index in [4.69, 9.17) is 0 Å². The fourth-order valence-electron chi connectivity index (χ4n) is 3.22. The largest absolute Gasteiger partial charge is 0.417 e. The van der Waals surface area contributed by atoms with Gasteiger partial charge in [-0.1, -0.05) is 36.4 Å². The lowest BCUT2D eigenvalue weighted by atomic mass is 9.74. The van der Waals surface area contributed by atoms with Crippen molar-refractivity contribution in [2.45, 2.75) is 31.4 Å². The molecule has 2 aromatic heterocycles. The van der Waals surface area contributed by atoms with Crippen molar-refractivity contribution in [2.75, 3.05) is 5.32 Å². The molecule has 5 nitrogen and oxygen atoms in total. The van der Waals surface area contributed by atoms with Crippen molar-refractivity contribution in [2.24, 2.45) is 0 Å². The van der Waals surface area contributed by atoms with Crippen LogP contribution in [0, 0.1) is 0 Å². The van der Waals surface area contributed by atoms with Crippen LogP contribution in [0.5, 0.6) is 5.88 Å². The molecule has 0 aliphatic heterocycles. The SMILES string of the molecule is FC(F)Oc1cccc(C2(Nc3ccc(-c4ccccc4)nn3)CCC2)n1. The molecule has 0 spiro atoms. The van der Waals surface area contributed by atoms with E-state index in [1.165, 1.54) is 6.07 Å². The monoisotopic (exact) mass is 368 g/mol. The smallest absolute Gasteiger partial charge is 0.388 e. The Morgan fingerprint density at radius 1 is 0.926 bits per heavy atom. The number of benzene rings is 1. The molecule has 0 bridgehead atoms. The summed E-state index contributed by atoms with van der Waals surface area (Å²) in [5, 5.41) is 12.0. The fourth-order valence-corrected chi connectivity index (χ4v) is 3.22. The second-order valence-corrected chi connectivity index (χ2v) is 6.47. The number of halogens is 2. The third kappa shape index (κ3) is 3.72. The molecule has 7 heteroatoms. The maximum atomic E-state index is 12.5. The van der Waals surface area contributed by atoms with E-state index < -0.39 is 12.2 Å². The van der Waals surface area contributed by atoms with Crippen LogP contribution in [0.3, 0.4) is 0 Å². The number of rotatable bonds is 6. The van der Waals surface area contributed by atoms with Gasteiger partial charge >= 0.3 is 6.61 Å². The first-order valence-electron chi connectivity index (χ1n) is 8.74. The highest BCUT2D eigenvalue weighted by molar-refractivity contribution is 5.59. The third-order valence-corrected chi connectivity index (χ3v) is 4.73. The van der Waals surface area contributed by atoms with Gasteiger partial charge in [-0.3, -0.25) is 0 Å². The van der Waals surface area contributed by atoms with E-state index in [0.29, 0.717) is 11.5 Å². The first kappa shape index (κ1) is 17.3. The number of alkyl halides is 2. The number of nitrogens with one attached hydrogen (secondary N) is 1. The Morgan fingerprint density at radius 3 is 2.37 bits per heavy atom. The molecule has 1 saturated carbocycles. The number of anilines is 1. The number of nitrogens with zero attached hydrogens (tertiary/aromatic N) is 3. The molecule has 0 amide bonds. The van der Waals surface area contributed by atoms with Crippen LogP contribution in [-0.2, 0) is 5.54 Å². The number of hydrogen-bond donors (Lipinski definition) is 1. The summed E-state index contributed by atoms with van der Waals surface area (Å²) in [6.07, 6.45) is 2.69. The summed E-state index contributed by atoms with van der Waals surface area (Å²) in [5.74, 6) is 0.539. The molecule has 0 atom stereocenters. The van der Waals surface area contributed by atoms with Gasteiger partial charge in [0.05, 0.1) is 16.9 Å². The van der Waals surface area contributed by atoms with Gasteiger partial charge in [0.15, 0.2) is 0 Å². The molecule has 138 valence electrons. The Hall–Kier alpha value is -3.09. The van der Waals surface area contributed by atoms with Gasteiger partial charge < -0.3 is 10.1 Å². The quantitative estimate of drug-likeness (QED) is 0.687. The number of hydrogen-bond acceptors (Lipinski definition) is 5. The van der Waals surface area contributed by atoms with Crippen molar-refractivity contribution in [3.05, 3.63) is 66.4 Å². The maximum absolute atomic E-state index is 12.5. The van der Waals surface area contributed by atoms with Crippen LogP contribution >= 0.6 is 0 Å². The van der Waals surface area contributed by atoms with Gasteiger partial charge in [0.1, 0.15) is 5.82 Å². The Bertz CT molecular complexity index is 899.